The summed E-state index contributed by atoms with van der Waals surface area (Å²) >= 11 is 0. The predicted molar refractivity (Wildman–Crippen MR) is 73.9 cm³/mol. The van der Waals surface area contributed by atoms with Crippen molar-refractivity contribution in [3.8, 4) is 5.75 Å². The van der Waals surface area contributed by atoms with E-state index in [9.17, 15) is 4.79 Å². The first-order valence-electron chi connectivity index (χ1n) is 6.55. The molecule has 3 heteroatoms. The summed E-state index contributed by atoms with van der Waals surface area (Å²) < 4.78 is 5.51. The Labute approximate surface area is 110 Å². The van der Waals surface area contributed by atoms with Crippen molar-refractivity contribution in [2.24, 2.45) is 0 Å². The Morgan fingerprint density at radius 2 is 1.72 bits per heavy atom. The molecular weight excluding hydrogens is 226 g/mol. The minimum atomic E-state index is -0.0529. The van der Waals surface area contributed by atoms with Crippen LogP contribution in [0.25, 0.3) is 0 Å². The summed E-state index contributed by atoms with van der Waals surface area (Å²) in [4.78, 5) is 11.7. The van der Waals surface area contributed by atoms with Crippen LogP contribution in [-0.4, -0.2) is 18.6 Å². The Morgan fingerprint density at radius 3 is 2.22 bits per heavy atom. The molecule has 1 aromatic rings. The molecule has 0 heterocycles. The SMILES string of the molecule is CCC(CC)NC(=O)COc1cc(C)cc(C)c1. The monoisotopic (exact) mass is 249 g/mol. The molecule has 0 fully saturated rings. The molecule has 0 aromatic heterocycles. The molecule has 1 amide bonds. The second-order valence-corrected chi connectivity index (χ2v) is 4.69. The lowest BCUT2D eigenvalue weighted by molar-refractivity contribution is -0.123. The van der Waals surface area contributed by atoms with Gasteiger partial charge in [0.25, 0.3) is 5.91 Å². The van der Waals surface area contributed by atoms with E-state index in [1.54, 1.807) is 0 Å². The molecule has 0 radical (unpaired) electrons. The van der Waals surface area contributed by atoms with Crippen LogP contribution in [0.4, 0.5) is 0 Å². The summed E-state index contributed by atoms with van der Waals surface area (Å²) in [5, 5.41) is 2.95. The molecule has 0 saturated heterocycles. The van der Waals surface area contributed by atoms with Gasteiger partial charge in [0.15, 0.2) is 6.61 Å². The van der Waals surface area contributed by atoms with E-state index in [2.05, 4.69) is 25.2 Å². The van der Waals surface area contributed by atoms with Gasteiger partial charge in [-0.25, -0.2) is 0 Å². The van der Waals surface area contributed by atoms with E-state index in [1.807, 2.05) is 26.0 Å². The Morgan fingerprint density at radius 1 is 1.17 bits per heavy atom. The van der Waals surface area contributed by atoms with Gasteiger partial charge in [-0.15, -0.1) is 0 Å². The Balaban J connectivity index is 2.47. The van der Waals surface area contributed by atoms with Crippen LogP contribution < -0.4 is 10.1 Å². The molecule has 18 heavy (non-hydrogen) atoms. The van der Waals surface area contributed by atoms with E-state index in [-0.39, 0.29) is 18.6 Å². The number of benzene rings is 1. The quantitative estimate of drug-likeness (QED) is 0.841. The van der Waals surface area contributed by atoms with Crippen molar-refractivity contribution < 1.29 is 9.53 Å². The van der Waals surface area contributed by atoms with Crippen LogP contribution in [0, 0.1) is 13.8 Å². The molecule has 1 rings (SSSR count). The second-order valence-electron chi connectivity index (χ2n) is 4.69. The number of carbonyl (C=O) groups is 1. The van der Waals surface area contributed by atoms with Crippen LogP contribution in [0.3, 0.4) is 0 Å². The smallest absolute Gasteiger partial charge is 0.258 e. The van der Waals surface area contributed by atoms with Gasteiger partial charge in [-0.3, -0.25) is 4.79 Å². The largest absolute Gasteiger partial charge is 0.484 e. The van der Waals surface area contributed by atoms with E-state index in [0.29, 0.717) is 0 Å². The van der Waals surface area contributed by atoms with Gasteiger partial charge in [0.2, 0.25) is 0 Å². The lowest BCUT2D eigenvalue weighted by atomic mass is 10.1. The Kier molecular flexibility index (Phi) is 5.69. The van der Waals surface area contributed by atoms with Gasteiger partial charge < -0.3 is 10.1 Å². The third kappa shape index (κ3) is 4.78. The number of hydrogen-bond donors (Lipinski definition) is 1. The second kappa shape index (κ2) is 7.04. The third-order valence-corrected chi connectivity index (χ3v) is 2.92. The summed E-state index contributed by atoms with van der Waals surface area (Å²) in [5.74, 6) is 0.704. The van der Waals surface area contributed by atoms with Crippen LogP contribution in [0.15, 0.2) is 18.2 Å². The van der Waals surface area contributed by atoms with Gasteiger partial charge in [-0.05, 0) is 49.9 Å². The summed E-state index contributed by atoms with van der Waals surface area (Å²) in [6.45, 7) is 8.26. The minimum absolute atomic E-state index is 0.0529. The molecule has 0 aliphatic carbocycles. The average Bonchev–Trinajstić information content (AvgIpc) is 2.32. The maximum Gasteiger partial charge on any atom is 0.258 e. The van der Waals surface area contributed by atoms with Gasteiger partial charge in [-0.1, -0.05) is 19.9 Å². The molecule has 1 aromatic carbocycles. The maximum atomic E-state index is 11.7. The summed E-state index contributed by atoms with van der Waals surface area (Å²) in [6, 6.07) is 6.21. The molecular formula is C15H23NO2. The van der Waals surface area contributed by atoms with Crippen LogP contribution in [0.1, 0.15) is 37.8 Å². The zero-order valence-electron chi connectivity index (χ0n) is 11.7. The van der Waals surface area contributed by atoms with Crippen molar-refractivity contribution >= 4 is 5.91 Å². The van der Waals surface area contributed by atoms with Gasteiger partial charge in [0.05, 0.1) is 0 Å². The standard InChI is InChI=1S/C15H23NO2/c1-5-13(6-2)16-15(17)10-18-14-8-11(3)7-12(4)9-14/h7-9,13H,5-6,10H2,1-4H3,(H,16,17). The molecule has 0 aliphatic heterocycles. The van der Waals surface area contributed by atoms with Crippen LogP contribution in [-0.2, 0) is 4.79 Å². The first kappa shape index (κ1) is 14.6. The summed E-state index contributed by atoms with van der Waals surface area (Å²) in [7, 11) is 0. The zero-order chi connectivity index (χ0) is 13.5. The van der Waals surface area contributed by atoms with Gasteiger partial charge in [0.1, 0.15) is 5.75 Å². The number of rotatable bonds is 6. The van der Waals surface area contributed by atoms with Crippen molar-refractivity contribution in [3.05, 3.63) is 29.3 Å². The molecule has 0 aliphatic rings. The van der Waals surface area contributed by atoms with E-state index in [1.165, 1.54) is 0 Å². The summed E-state index contributed by atoms with van der Waals surface area (Å²) in [6.07, 6.45) is 1.90. The maximum absolute atomic E-state index is 11.7. The fourth-order valence-electron chi connectivity index (χ4n) is 1.93. The van der Waals surface area contributed by atoms with Crippen molar-refractivity contribution in [2.75, 3.05) is 6.61 Å². The summed E-state index contributed by atoms with van der Waals surface area (Å²) in [5.41, 5.74) is 2.29. The predicted octanol–water partition coefficient (Wildman–Crippen LogP) is 2.99. The van der Waals surface area contributed by atoms with Crippen molar-refractivity contribution in [3.63, 3.8) is 0 Å². The van der Waals surface area contributed by atoms with Crippen molar-refractivity contribution in [1.82, 2.24) is 5.32 Å². The highest BCUT2D eigenvalue weighted by molar-refractivity contribution is 5.77. The molecule has 0 atom stereocenters. The van der Waals surface area contributed by atoms with E-state index in [4.69, 9.17) is 4.74 Å². The van der Waals surface area contributed by atoms with E-state index in [0.717, 1.165) is 29.7 Å². The third-order valence-electron chi connectivity index (χ3n) is 2.92. The molecule has 3 nitrogen and oxygen atoms in total. The average molecular weight is 249 g/mol. The molecule has 0 unspecified atom stereocenters. The van der Waals surface area contributed by atoms with Gasteiger partial charge in [-0.2, -0.15) is 0 Å². The van der Waals surface area contributed by atoms with E-state index >= 15 is 0 Å². The zero-order valence-corrected chi connectivity index (χ0v) is 11.7. The fourth-order valence-corrected chi connectivity index (χ4v) is 1.93. The Hall–Kier alpha value is -1.51. The molecule has 100 valence electrons. The highest BCUT2D eigenvalue weighted by Crippen LogP contribution is 2.15. The molecule has 0 bridgehead atoms. The lowest BCUT2D eigenvalue weighted by Gasteiger charge is -2.15. The number of amides is 1. The van der Waals surface area contributed by atoms with Crippen LogP contribution in [0.5, 0.6) is 5.75 Å². The molecule has 0 saturated carbocycles. The molecule has 1 N–H and O–H groups in total. The topological polar surface area (TPSA) is 38.3 Å². The highest BCUT2D eigenvalue weighted by Gasteiger charge is 2.08. The van der Waals surface area contributed by atoms with E-state index < -0.39 is 0 Å². The first-order valence-corrected chi connectivity index (χ1v) is 6.55. The number of aryl methyl sites for hydroxylation is 2. The normalized spacial score (nSPS) is 10.5. The van der Waals surface area contributed by atoms with Crippen molar-refractivity contribution in [2.45, 2.75) is 46.6 Å². The van der Waals surface area contributed by atoms with Crippen LogP contribution in [0.2, 0.25) is 0 Å². The first-order chi connectivity index (χ1) is 8.55. The molecule has 0 spiro atoms. The lowest BCUT2D eigenvalue weighted by Crippen LogP contribution is -2.37. The Bertz CT molecular complexity index is 377. The minimum Gasteiger partial charge on any atom is -0.484 e. The fraction of sp³-hybridized carbons (Fsp3) is 0.533. The van der Waals surface area contributed by atoms with Crippen LogP contribution >= 0.6 is 0 Å². The van der Waals surface area contributed by atoms with Gasteiger partial charge in [0, 0.05) is 6.04 Å². The number of hydrogen-bond acceptors (Lipinski definition) is 2. The number of carbonyl (C=O) groups excluding carboxylic acids is 1. The van der Waals surface area contributed by atoms with Crippen molar-refractivity contribution in [1.29, 1.82) is 0 Å². The van der Waals surface area contributed by atoms with Gasteiger partial charge >= 0.3 is 0 Å². The number of ether oxygens (including phenoxy) is 1. The number of nitrogens with one attached hydrogen (secondary N) is 1. The highest BCUT2D eigenvalue weighted by atomic mass is 16.5.